The van der Waals surface area contributed by atoms with Crippen molar-refractivity contribution in [3.63, 3.8) is 0 Å². The highest BCUT2D eigenvalue weighted by atomic mass is 16.5. The van der Waals surface area contributed by atoms with E-state index in [1.807, 2.05) is 0 Å². The zero-order chi connectivity index (χ0) is 16.8. The third-order valence-electron chi connectivity index (χ3n) is 5.21. The predicted molar refractivity (Wildman–Crippen MR) is 91.8 cm³/mol. The van der Waals surface area contributed by atoms with Crippen LogP contribution in [0.25, 0.3) is 17.3 Å². The lowest BCUT2D eigenvalue weighted by molar-refractivity contribution is 0.192. The molecule has 0 N–H and O–H groups in total. The Kier molecular flexibility index (Phi) is 3.45. The molecule has 6 nitrogen and oxygen atoms in total. The van der Waals surface area contributed by atoms with Crippen molar-refractivity contribution in [1.82, 2.24) is 19.9 Å². The second-order valence-electron chi connectivity index (χ2n) is 6.84. The summed E-state index contributed by atoms with van der Waals surface area (Å²) in [4.78, 5) is 4.64. The molecule has 6 heteroatoms. The Bertz CT molecular complexity index is 921. The van der Waals surface area contributed by atoms with Gasteiger partial charge in [0.1, 0.15) is 0 Å². The van der Waals surface area contributed by atoms with Crippen molar-refractivity contribution in [3.8, 4) is 17.3 Å². The third-order valence-corrected chi connectivity index (χ3v) is 5.21. The predicted octanol–water partition coefficient (Wildman–Crippen LogP) is 3.22. The van der Waals surface area contributed by atoms with Crippen molar-refractivity contribution in [1.29, 1.82) is 0 Å². The molecule has 1 atom stereocenters. The van der Waals surface area contributed by atoms with Gasteiger partial charge >= 0.3 is 0 Å². The second kappa shape index (κ2) is 5.81. The summed E-state index contributed by atoms with van der Waals surface area (Å²) in [6, 6.07) is 8.33. The van der Waals surface area contributed by atoms with Gasteiger partial charge in [-0.2, -0.15) is 10.1 Å². The van der Waals surface area contributed by atoms with Crippen molar-refractivity contribution in [2.45, 2.75) is 38.5 Å². The lowest BCUT2D eigenvalue weighted by Gasteiger charge is -2.08. The van der Waals surface area contributed by atoms with Gasteiger partial charge in [0, 0.05) is 23.8 Å². The molecule has 1 saturated heterocycles. The topological polar surface area (TPSA) is 66.0 Å². The summed E-state index contributed by atoms with van der Waals surface area (Å²) in [6.45, 7) is 3.56. The number of hydrogen-bond donors (Lipinski definition) is 0. The average molecular weight is 336 g/mol. The Morgan fingerprint density at radius 1 is 1.20 bits per heavy atom. The summed E-state index contributed by atoms with van der Waals surface area (Å²) >= 11 is 0. The Morgan fingerprint density at radius 3 is 2.96 bits per heavy atom. The van der Waals surface area contributed by atoms with E-state index in [1.165, 1.54) is 16.8 Å². The van der Waals surface area contributed by atoms with Crippen molar-refractivity contribution in [2.24, 2.45) is 0 Å². The normalized spacial score (nSPS) is 19.5. The maximum Gasteiger partial charge on any atom is 0.278 e. The standard InChI is InChI=1S/C19H20N4O2/c1-12-5-2-3-7-15(12)23-16-8-4-6-14(16)17(21-23)19-20-18(22-25-19)13-9-10-24-11-13/h2-3,5,7,13H,4,6,8-11H2,1H3/t13-/m1/s1. The molecule has 5 rings (SSSR count). The zero-order valence-corrected chi connectivity index (χ0v) is 14.2. The highest BCUT2D eigenvalue weighted by Crippen LogP contribution is 2.34. The minimum atomic E-state index is 0.240. The van der Waals surface area contributed by atoms with Gasteiger partial charge in [-0.25, -0.2) is 4.68 Å². The molecule has 0 spiro atoms. The van der Waals surface area contributed by atoms with Crippen LogP contribution in [-0.2, 0) is 17.6 Å². The van der Waals surface area contributed by atoms with Gasteiger partial charge in [-0.05, 0) is 44.2 Å². The van der Waals surface area contributed by atoms with Crippen LogP contribution in [-0.4, -0.2) is 33.1 Å². The maximum atomic E-state index is 5.58. The van der Waals surface area contributed by atoms with Crippen molar-refractivity contribution in [2.75, 3.05) is 13.2 Å². The van der Waals surface area contributed by atoms with Crippen LogP contribution < -0.4 is 0 Å². The molecule has 1 aliphatic carbocycles. The first-order valence-corrected chi connectivity index (χ1v) is 8.90. The number of benzene rings is 1. The van der Waals surface area contributed by atoms with Crippen LogP contribution in [0.2, 0.25) is 0 Å². The molecule has 128 valence electrons. The molecule has 0 bridgehead atoms. The molecule has 0 radical (unpaired) electrons. The van der Waals surface area contributed by atoms with Gasteiger partial charge in [-0.1, -0.05) is 23.4 Å². The number of para-hydroxylation sites is 1. The number of hydrogen-bond acceptors (Lipinski definition) is 5. The molecule has 1 aliphatic heterocycles. The lowest BCUT2D eigenvalue weighted by Crippen LogP contribution is -2.03. The van der Waals surface area contributed by atoms with Crippen LogP contribution in [0.4, 0.5) is 0 Å². The third kappa shape index (κ3) is 2.40. The van der Waals surface area contributed by atoms with Crippen molar-refractivity contribution in [3.05, 3.63) is 46.9 Å². The lowest BCUT2D eigenvalue weighted by atomic mass is 10.1. The van der Waals surface area contributed by atoms with Crippen LogP contribution in [0.1, 0.15) is 41.4 Å². The van der Waals surface area contributed by atoms with E-state index in [0.29, 0.717) is 12.5 Å². The Hall–Kier alpha value is -2.47. The highest BCUT2D eigenvalue weighted by Gasteiger charge is 2.29. The van der Waals surface area contributed by atoms with Gasteiger partial charge in [0.05, 0.1) is 12.3 Å². The molecule has 1 fully saturated rings. The van der Waals surface area contributed by atoms with E-state index in [2.05, 4.69) is 46.0 Å². The Labute approximate surface area is 145 Å². The summed E-state index contributed by atoms with van der Waals surface area (Å²) in [5.74, 6) is 1.51. The fraction of sp³-hybridized carbons (Fsp3) is 0.421. The fourth-order valence-electron chi connectivity index (χ4n) is 3.84. The second-order valence-corrected chi connectivity index (χ2v) is 6.84. The minimum absolute atomic E-state index is 0.240. The summed E-state index contributed by atoms with van der Waals surface area (Å²) in [5.41, 5.74) is 5.69. The van der Waals surface area contributed by atoms with E-state index in [1.54, 1.807) is 0 Å². The van der Waals surface area contributed by atoms with Gasteiger partial charge in [-0.3, -0.25) is 0 Å². The first-order chi connectivity index (χ1) is 12.3. The molecule has 2 aromatic heterocycles. The van der Waals surface area contributed by atoms with Crippen molar-refractivity contribution < 1.29 is 9.26 Å². The van der Waals surface area contributed by atoms with Crippen LogP contribution >= 0.6 is 0 Å². The summed E-state index contributed by atoms with van der Waals surface area (Å²) in [6.07, 6.45) is 4.15. The van der Waals surface area contributed by atoms with E-state index >= 15 is 0 Å². The Balaban J connectivity index is 1.59. The number of rotatable bonds is 3. The van der Waals surface area contributed by atoms with Gasteiger partial charge < -0.3 is 9.26 Å². The fourth-order valence-corrected chi connectivity index (χ4v) is 3.84. The van der Waals surface area contributed by atoms with Gasteiger partial charge in [-0.15, -0.1) is 0 Å². The van der Waals surface area contributed by atoms with Gasteiger partial charge in [0.25, 0.3) is 5.89 Å². The van der Waals surface area contributed by atoms with Crippen LogP contribution in [0, 0.1) is 6.92 Å². The molecule has 3 aromatic rings. The quantitative estimate of drug-likeness (QED) is 0.735. The molecule has 3 heterocycles. The number of nitrogens with zero attached hydrogens (tertiary/aromatic N) is 4. The van der Waals surface area contributed by atoms with Gasteiger partial charge in [0.2, 0.25) is 0 Å². The first-order valence-electron chi connectivity index (χ1n) is 8.90. The smallest absolute Gasteiger partial charge is 0.278 e. The van der Waals surface area contributed by atoms with E-state index in [0.717, 1.165) is 49.5 Å². The SMILES string of the molecule is Cc1ccccc1-n1nc(-c2nc([C@@H]3CCOC3)no2)c2c1CCC2. The number of fused-ring (bicyclic) bond motifs is 1. The number of ether oxygens (including phenoxy) is 1. The molecule has 25 heavy (non-hydrogen) atoms. The van der Waals surface area contributed by atoms with Crippen LogP contribution in [0.15, 0.2) is 28.8 Å². The van der Waals surface area contributed by atoms with Crippen LogP contribution in [0.3, 0.4) is 0 Å². The molecule has 0 saturated carbocycles. The van der Waals surface area contributed by atoms with Crippen LogP contribution in [0.5, 0.6) is 0 Å². The van der Waals surface area contributed by atoms with E-state index in [-0.39, 0.29) is 5.92 Å². The molecule has 1 aromatic carbocycles. The molecule has 2 aliphatic rings. The number of aryl methyl sites for hydroxylation is 1. The van der Waals surface area contributed by atoms with E-state index in [9.17, 15) is 0 Å². The van der Waals surface area contributed by atoms with E-state index in [4.69, 9.17) is 14.4 Å². The molecular weight excluding hydrogens is 316 g/mol. The number of aromatic nitrogens is 4. The van der Waals surface area contributed by atoms with Gasteiger partial charge in [0.15, 0.2) is 11.5 Å². The monoisotopic (exact) mass is 336 g/mol. The molecule has 0 amide bonds. The maximum absolute atomic E-state index is 5.58. The summed E-state index contributed by atoms with van der Waals surface area (Å²) in [5, 5.41) is 9.05. The summed E-state index contributed by atoms with van der Waals surface area (Å²) < 4.78 is 13.1. The molecular formula is C19H20N4O2. The molecule has 0 unspecified atom stereocenters. The van der Waals surface area contributed by atoms with Crippen molar-refractivity contribution >= 4 is 0 Å². The average Bonchev–Trinajstić information content (AvgIpc) is 3.38. The minimum Gasteiger partial charge on any atom is -0.381 e. The highest BCUT2D eigenvalue weighted by molar-refractivity contribution is 5.58. The summed E-state index contributed by atoms with van der Waals surface area (Å²) in [7, 11) is 0. The largest absolute Gasteiger partial charge is 0.381 e. The first kappa shape index (κ1) is 14.8. The Morgan fingerprint density at radius 2 is 2.12 bits per heavy atom. The zero-order valence-electron chi connectivity index (χ0n) is 14.2. The van der Waals surface area contributed by atoms with E-state index < -0.39 is 0 Å².